The van der Waals surface area contributed by atoms with Crippen LogP contribution in [-0.2, 0) is 6.54 Å². The van der Waals surface area contributed by atoms with Gasteiger partial charge in [-0.2, -0.15) is 0 Å². The zero-order chi connectivity index (χ0) is 14.3. The highest BCUT2D eigenvalue weighted by atomic mass is 32.1. The molecule has 6 heteroatoms. The van der Waals surface area contributed by atoms with E-state index in [2.05, 4.69) is 0 Å². The first kappa shape index (κ1) is 12.7. The van der Waals surface area contributed by atoms with E-state index in [0.29, 0.717) is 16.7 Å². The van der Waals surface area contributed by atoms with Gasteiger partial charge in [0.1, 0.15) is 5.76 Å². The Morgan fingerprint density at radius 2 is 2.25 bits per heavy atom. The number of furan rings is 1. The molecule has 0 radical (unpaired) electrons. The zero-order valence-electron chi connectivity index (χ0n) is 10.6. The van der Waals surface area contributed by atoms with E-state index in [9.17, 15) is 9.59 Å². The third-order valence-corrected chi connectivity index (χ3v) is 3.96. The van der Waals surface area contributed by atoms with Crippen LogP contribution >= 0.6 is 11.3 Å². The molecule has 1 N–H and O–H groups in total. The Labute approximate surface area is 117 Å². The highest BCUT2D eigenvalue weighted by molar-refractivity contribution is 7.17. The minimum absolute atomic E-state index is 0.0790. The summed E-state index contributed by atoms with van der Waals surface area (Å²) in [4.78, 5) is 23.2. The van der Waals surface area contributed by atoms with Crippen molar-refractivity contribution in [2.45, 2.75) is 13.5 Å². The molecule has 3 rings (SSSR count). The van der Waals surface area contributed by atoms with Crippen LogP contribution in [-0.4, -0.2) is 15.6 Å². The number of aryl methyl sites for hydroxylation is 1. The molecule has 0 bridgehead atoms. The molecule has 3 aromatic heterocycles. The third-order valence-electron chi connectivity index (χ3n) is 3.08. The summed E-state index contributed by atoms with van der Waals surface area (Å²) in [7, 11) is 0. The fraction of sp³-hybridized carbons (Fsp3) is 0.143. The predicted molar refractivity (Wildman–Crippen MR) is 75.6 cm³/mol. The number of aromatic carboxylic acids is 1. The van der Waals surface area contributed by atoms with Crippen molar-refractivity contribution in [1.82, 2.24) is 4.57 Å². The highest BCUT2D eigenvalue weighted by Crippen LogP contribution is 2.18. The van der Waals surface area contributed by atoms with Crippen molar-refractivity contribution in [3.63, 3.8) is 0 Å². The van der Waals surface area contributed by atoms with Crippen LogP contribution in [0.5, 0.6) is 0 Å². The maximum Gasteiger partial charge on any atom is 0.372 e. The molecule has 5 nitrogen and oxygen atoms in total. The Hall–Kier alpha value is -2.34. The van der Waals surface area contributed by atoms with Crippen molar-refractivity contribution in [2.24, 2.45) is 0 Å². The smallest absolute Gasteiger partial charge is 0.372 e. The number of carboxylic acids is 1. The molecule has 0 atom stereocenters. The zero-order valence-corrected chi connectivity index (χ0v) is 11.4. The van der Waals surface area contributed by atoms with Crippen LogP contribution in [0.4, 0.5) is 0 Å². The fourth-order valence-electron chi connectivity index (χ4n) is 2.14. The molecule has 0 saturated carbocycles. The number of fused-ring (bicyclic) bond motifs is 1. The van der Waals surface area contributed by atoms with Crippen molar-refractivity contribution >= 4 is 27.4 Å². The first-order valence-electron chi connectivity index (χ1n) is 5.95. The Morgan fingerprint density at radius 3 is 2.95 bits per heavy atom. The van der Waals surface area contributed by atoms with Crippen molar-refractivity contribution < 1.29 is 14.3 Å². The second-order valence-corrected chi connectivity index (χ2v) is 5.43. The summed E-state index contributed by atoms with van der Waals surface area (Å²) in [6, 6.07) is 5.30. The van der Waals surface area contributed by atoms with Crippen molar-refractivity contribution in [1.29, 1.82) is 0 Å². The number of nitrogens with zero attached hydrogens (tertiary/aromatic N) is 1. The van der Waals surface area contributed by atoms with Gasteiger partial charge >= 0.3 is 5.97 Å². The molecule has 0 saturated heterocycles. The first-order valence-corrected chi connectivity index (χ1v) is 6.83. The van der Waals surface area contributed by atoms with Gasteiger partial charge in [0.25, 0.3) is 5.56 Å². The number of hydrogen-bond acceptors (Lipinski definition) is 4. The second-order valence-electron chi connectivity index (χ2n) is 4.48. The van der Waals surface area contributed by atoms with E-state index in [1.54, 1.807) is 25.3 Å². The fourth-order valence-corrected chi connectivity index (χ4v) is 2.91. The largest absolute Gasteiger partial charge is 0.475 e. The monoisotopic (exact) mass is 289 g/mol. The lowest BCUT2D eigenvalue weighted by atomic mass is 10.2. The van der Waals surface area contributed by atoms with Gasteiger partial charge in [0.2, 0.25) is 5.76 Å². The molecule has 0 aliphatic heterocycles. The van der Waals surface area contributed by atoms with Gasteiger partial charge in [0.05, 0.1) is 11.9 Å². The van der Waals surface area contributed by atoms with Crippen molar-refractivity contribution in [3.05, 3.63) is 57.2 Å². The first-order chi connectivity index (χ1) is 9.56. The average molecular weight is 289 g/mol. The maximum atomic E-state index is 12.2. The van der Waals surface area contributed by atoms with Crippen molar-refractivity contribution in [3.8, 4) is 0 Å². The average Bonchev–Trinajstić information content (AvgIpc) is 2.99. The molecular weight excluding hydrogens is 278 g/mol. The minimum atomic E-state index is -1.10. The summed E-state index contributed by atoms with van der Waals surface area (Å²) in [5.74, 6) is -0.726. The molecule has 0 amide bonds. The summed E-state index contributed by atoms with van der Waals surface area (Å²) in [5.41, 5.74) is 0.451. The van der Waals surface area contributed by atoms with E-state index >= 15 is 0 Å². The van der Waals surface area contributed by atoms with Crippen LogP contribution in [0.2, 0.25) is 0 Å². The van der Waals surface area contributed by atoms with E-state index in [1.165, 1.54) is 15.9 Å². The Balaban J connectivity index is 2.01. The third kappa shape index (κ3) is 2.04. The number of carboxylic acid groups (broad SMARTS) is 1. The summed E-state index contributed by atoms with van der Waals surface area (Å²) < 4.78 is 7.72. The molecule has 20 heavy (non-hydrogen) atoms. The highest BCUT2D eigenvalue weighted by Gasteiger charge is 2.15. The summed E-state index contributed by atoms with van der Waals surface area (Å²) in [6.45, 7) is 1.89. The summed E-state index contributed by atoms with van der Waals surface area (Å²) in [5, 5.41) is 11.5. The van der Waals surface area contributed by atoms with Crippen LogP contribution in [0.25, 0.3) is 10.1 Å². The van der Waals surface area contributed by atoms with Crippen LogP contribution in [0.15, 0.2) is 39.0 Å². The van der Waals surface area contributed by atoms with E-state index in [4.69, 9.17) is 9.52 Å². The lowest BCUT2D eigenvalue weighted by Crippen LogP contribution is -2.19. The standard InChI is InChI=1S/C14H11NO4S/c1-8-6-9(19-12(8)14(17)18)7-15-4-2-11-10(13(15)16)3-5-20-11/h2-6H,7H2,1H3,(H,17,18). The number of aromatic nitrogens is 1. The quantitative estimate of drug-likeness (QED) is 0.804. The summed E-state index contributed by atoms with van der Waals surface area (Å²) >= 11 is 1.51. The molecule has 0 unspecified atom stereocenters. The SMILES string of the molecule is Cc1cc(Cn2ccc3sccc3c2=O)oc1C(=O)O. The molecular formula is C14H11NO4S. The minimum Gasteiger partial charge on any atom is -0.475 e. The van der Waals surface area contributed by atoms with Crippen LogP contribution in [0, 0.1) is 6.92 Å². The number of hydrogen-bond donors (Lipinski definition) is 1. The van der Waals surface area contributed by atoms with Gasteiger partial charge < -0.3 is 14.1 Å². The van der Waals surface area contributed by atoms with Gasteiger partial charge in [-0.1, -0.05) is 0 Å². The van der Waals surface area contributed by atoms with E-state index in [0.717, 1.165) is 4.70 Å². The lowest BCUT2D eigenvalue weighted by molar-refractivity contribution is 0.0659. The van der Waals surface area contributed by atoms with Gasteiger partial charge in [-0.15, -0.1) is 11.3 Å². The molecule has 3 aromatic rings. The van der Waals surface area contributed by atoms with Gasteiger partial charge in [-0.25, -0.2) is 4.79 Å². The van der Waals surface area contributed by atoms with Gasteiger partial charge in [-0.05, 0) is 30.5 Å². The molecule has 0 spiro atoms. The van der Waals surface area contributed by atoms with E-state index in [1.807, 2.05) is 11.4 Å². The second kappa shape index (κ2) is 4.64. The lowest BCUT2D eigenvalue weighted by Gasteiger charge is -2.02. The Bertz CT molecular complexity index is 856. The molecule has 102 valence electrons. The van der Waals surface area contributed by atoms with E-state index < -0.39 is 5.97 Å². The molecule has 0 aliphatic carbocycles. The van der Waals surface area contributed by atoms with Gasteiger partial charge in [0.15, 0.2) is 0 Å². The van der Waals surface area contributed by atoms with Crippen LogP contribution in [0.3, 0.4) is 0 Å². The van der Waals surface area contributed by atoms with Gasteiger partial charge in [-0.3, -0.25) is 4.79 Å². The van der Waals surface area contributed by atoms with Crippen molar-refractivity contribution in [2.75, 3.05) is 0 Å². The molecule has 3 heterocycles. The Kier molecular flexibility index (Phi) is 2.94. The summed E-state index contributed by atoms with van der Waals surface area (Å²) in [6.07, 6.45) is 1.69. The number of rotatable bonds is 3. The molecule has 0 fully saturated rings. The van der Waals surface area contributed by atoms with Gasteiger partial charge in [0, 0.05) is 16.5 Å². The number of thiophene rings is 1. The molecule has 0 aliphatic rings. The van der Waals surface area contributed by atoms with Crippen LogP contribution < -0.4 is 5.56 Å². The Morgan fingerprint density at radius 1 is 1.45 bits per heavy atom. The number of pyridine rings is 1. The topological polar surface area (TPSA) is 72.4 Å². The van der Waals surface area contributed by atoms with E-state index in [-0.39, 0.29) is 17.9 Å². The molecule has 0 aromatic carbocycles. The maximum absolute atomic E-state index is 12.2. The van der Waals surface area contributed by atoms with Crippen LogP contribution in [0.1, 0.15) is 21.9 Å². The number of carbonyl (C=O) groups is 1. The predicted octanol–water partition coefficient (Wildman–Crippen LogP) is 2.71. The normalized spacial score (nSPS) is 11.1.